The van der Waals surface area contributed by atoms with Crippen molar-refractivity contribution in [3.8, 4) is 0 Å². The van der Waals surface area contributed by atoms with Crippen LogP contribution in [0.5, 0.6) is 0 Å². The minimum atomic E-state index is -1.23. The molecule has 1 rings (SSSR count). The van der Waals surface area contributed by atoms with Crippen LogP contribution in [0.1, 0.15) is 20.8 Å². The molecule has 1 saturated carbocycles. The zero-order valence-corrected chi connectivity index (χ0v) is 10.5. The third-order valence-corrected chi connectivity index (χ3v) is 2.65. The van der Waals surface area contributed by atoms with Gasteiger partial charge in [0.05, 0.1) is 11.1 Å². The minimum absolute atomic E-state index is 0.152. The van der Waals surface area contributed by atoms with Gasteiger partial charge in [0.2, 0.25) is 0 Å². The largest absolute Gasteiger partial charge is 0.478 e. The molecule has 0 unspecified atom stereocenters. The average molecular weight is 247 g/mol. The normalized spacial score (nSPS) is 17.3. The molecule has 18 heavy (non-hydrogen) atoms. The number of rotatable bonds is 4. The van der Waals surface area contributed by atoms with E-state index >= 15 is 0 Å². The van der Waals surface area contributed by atoms with Crippen LogP contribution in [0.4, 0.5) is 0 Å². The second-order valence-corrected chi connectivity index (χ2v) is 4.16. The van der Waals surface area contributed by atoms with Gasteiger partial charge >= 0.3 is 11.9 Å². The first-order chi connectivity index (χ1) is 8.36. The molecule has 0 aliphatic heterocycles. The molecule has 1 fully saturated rings. The van der Waals surface area contributed by atoms with Crippen LogP contribution < -0.4 is 0 Å². The maximum Gasteiger partial charge on any atom is 0.336 e. The fourth-order valence-corrected chi connectivity index (χ4v) is 1.79. The molecule has 0 spiro atoms. The van der Waals surface area contributed by atoms with Crippen molar-refractivity contribution >= 4 is 11.9 Å². The smallest absolute Gasteiger partial charge is 0.336 e. The van der Waals surface area contributed by atoms with Gasteiger partial charge in [0, 0.05) is 5.92 Å². The van der Waals surface area contributed by atoms with Crippen molar-refractivity contribution in [1.82, 2.24) is 0 Å². The van der Waals surface area contributed by atoms with Crippen LogP contribution in [0.2, 0.25) is 0 Å². The Morgan fingerprint density at radius 2 is 1.33 bits per heavy atom. The maximum atomic E-state index is 11.3. The van der Waals surface area contributed by atoms with Crippen LogP contribution in [0.25, 0.3) is 0 Å². The number of aliphatic carboxylic acids is 2. The predicted molar refractivity (Wildman–Crippen MR) is 66.8 cm³/mol. The van der Waals surface area contributed by atoms with E-state index < -0.39 is 11.9 Å². The molecule has 0 saturated heterocycles. The molecule has 1 aliphatic carbocycles. The Bertz CT molecular complexity index is 419. The summed E-state index contributed by atoms with van der Waals surface area (Å²) in [7, 11) is 0. The van der Waals surface area contributed by atoms with E-state index in [9.17, 15) is 14.7 Å². The Kier molecular flexibility index (Phi) is 4.70. The van der Waals surface area contributed by atoms with E-state index in [2.05, 4.69) is 0 Å². The highest BCUT2D eigenvalue weighted by atomic mass is 16.4. The van der Waals surface area contributed by atoms with Crippen molar-refractivity contribution in [2.45, 2.75) is 20.8 Å². The summed E-state index contributed by atoms with van der Waals surface area (Å²) in [6.07, 6.45) is 7.06. The molecule has 5 radical (unpaired) electrons. The maximum absolute atomic E-state index is 11.3. The van der Waals surface area contributed by atoms with Crippen LogP contribution in [-0.4, -0.2) is 22.2 Å². The third kappa shape index (κ3) is 3.00. The highest BCUT2D eigenvalue weighted by Gasteiger charge is 2.28. The van der Waals surface area contributed by atoms with Crippen molar-refractivity contribution in [3.63, 3.8) is 0 Å². The summed E-state index contributed by atoms with van der Waals surface area (Å²) in [5.41, 5.74) is 0.604. The Balaban J connectivity index is 3.32. The van der Waals surface area contributed by atoms with E-state index in [-0.39, 0.29) is 11.1 Å². The minimum Gasteiger partial charge on any atom is -0.478 e. The molecule has 0 aromatic carbocycles. The van der Waals surface area contributed by atoms with Gasteiger partial charge in [-0.3, -0.25) is 0 Å². The molecule has 0 amide bonds. The average Bonchev–Trinajstić information content (AvgIpc) is 2.76. The van der Waals surface area contributed by atoms with Gasteiger partial charge < -0.3 is 10.2 Å². The molecule has 95 valence electrons. The van der Waals surface area contributed by atoms with Gasteiger partial charge in [0.1, 0.15) is 0 Å². The monoisotopic (exact) mass is 247 g/mol. The predicted octanol–water partition coefficient (Wildman–Crippen LogP) is 2.21. The van der Waals surface area contributed by atoms with Gasteiger partial charge in [-0.15, -0.1) is 0 Å². The summed E-state index contributed by atoms with van der Waals surface area (Å²) in [6.45, 7) is 4.79. The fourth-order valence-electron chi connectivity index (χ4n) is 1.79. The quantitative estimate of drug-likeness (QED) is 0.590. The number of allylic oxidation sites excluding steroid dienone is 2. The molecule has 0 bridgehead atoms. The molecule has 0 atom stereocenters. The lowest BCUT2D eigenvalue weighted by atomic mass is 9.89. The van der Waals surface area contributed by atoms with Gasteiger partial charge in [0.25, 0.3) is 0 Å². The second-order valence-electron chi connectivity index (χ2n) is 4.16. The molecule has 0 heterocycles. The lowest BCUT2D eigenvalue weighted by Gasteiger charge is -2.15. The summed E-state index contributed by atoms with van der Waals surface area (Å²) in [4.78, 5) is 22.5. The van der Waals surface area contributed by atoms with E-state index in [1.807, 2.05) is 0 Å². The number of hydrogen-bond donors (Lipinski definition) is 2. The summed E-state index contributed by atoms with van der Waals surface area (Å²) < 4.78 is 0. The Labute approximate surface area is 107 Å². The molecule has 2 N–H and O–H groups in total. The third-order valence-electron chi connectivity index (χ3n) is 2.65. The molecule has 0 aromatic heterocycles. The number of hydrogen-bond acceptors (Lipinski definition) is 2. The SMILES string of the molecule is CC(C)=C(C(=O)O)/C(C(=O)O)=C(/C)[C]1[CH][CH][CH][CH]1. The van der Waals surface area contributed by atoms with E-state index in [0.29, 0.717) is 17.1 Å². The number of carboxylic acid groups (broad SMARTS) is 2. The Morgan fingerprint density at radius 3 is 1.67 bits per heavy atom. The van der Waals surface area contributed by atoms with E-state index in [1.165, 1.54) is 0 Å². The van der Waals surface area contributed by atoms with Gasteiger partial charge in [-0.2, -0.15) is 0 Å². The number of carboxylic acids is 2. The molecule has 4 heteroatoms. The molecule has 4 nitrogen and oxygen atoms in total. The van der Waals surface area contributed by atoms with Crippen molar-refractivity contribution in [1.29, 1.82) is 0 Å². The van der Waals surface area contributed by atoms with Crippen molar-refractivity contribution in [2.24, 2.45) is 0 Å². The van der Waals surface area contributed by atoms with E-state index in [4.69, 9.17) is 5.11 Å². The van der Waals surface area contributed by atoms with Crippen LogP contribution in [0.3, 0.4) is 0 Å². The summed E-state index contributed by atoms with van der Waals surface area (Å²) >= 11 is 0. The van der Waals surface area contributed by atoms with Crippen LogP contribution in [0.15, 0.2) is 22.3 Å². The van der Waals surface area contributed by atoms with Crippen molar-refractivity contribution < 1.29 is 19.8 Å². The lowest BCUT2D eigenvalue weighted by Crippen LogP contribution is -2.16. The highest BCUT2D eigenvalue weighted by Crippen LogP contribution is 2.34. The van der Waals surface area contributed by atoms with Crippen LogP contribution in [-0.2, 0) is 9.59 Å². The summed E-state index contributed by atoms with van der Waals surface area (Å²) in [6, 6.07) is 0. The first kappa shape index (κ1) is 14.5. The van der Waals surface area contributed by atoms with Crippen LogP contribution >= 0.6 is 0 Å². The summed E-state index contributed by atoms with van der Waals surface area (Å²) in [5, 5.41) is 18.4. The van der Waals surface area contributed by atoms with Crippen molar-refractivity contribution in [3.05, 3.63) is 53.9 Å². The Morgan fingerprint density at radius 1 is 0.889 bits per heavy atom. The van der Waals surface area contributed by atoms with E-state index in [1.54, 1.807) is 46.5 Å². The standard InChI is InChI=1S/C14H15O4/c1-8(2)11(13(15)16)12(14(17)18)9(3)10-6-4-5-7-10/h4-7H,1-3H3,(H,15,16)(H,17,18)/b12-9+. The first-order valence-electron chi connectivity index (χ1n) is 5.43. The van der Waals surface area contributed by atoms with Gasteiger partial charge in [-0.05, 0) is 46.5 Å². The summed E-state index contributed by atoms with van der Waals surface area (Å²) in [5.74, 6) is -1.74. The molecule has 0 aromatic rings. The van der Waals surface area contributed by atoms with Gasteiger partial charge in [-0.1, -0.05) is 11.1 Å². The zero-order valence-electron chi connectivity index (χ0n) is 10.5. The van der Waals surface area contributed by atoms with Gasteiger partial charge in [-0.25, -0.2) is 9.59 Å². The topological polar surface area (TPSA) is 74.6 Å². The highest BCUT2D eigenvalue weighted by molar-refractivity contribution is 6.07. The number of carbonyl (C=O) groups is 2. The Hall–Kier alpha value is -1.58. The lowest BCUT2D eigenvalue weighted by molar-refractivity contribution is -0.136. The molecular weight excluding hydrogens is 232 g/mol. The fraction of sp³-hybridized carbons (Fsp3) is 0.214. The first-order valence-corrected chi connectivity index (χ1v) is 5.43. The molecular formula is C14H15O4. The molecule has 1 aliphatic rings. The zero-order chi connectivity index (χ0) is 13.9. The van der Waals surface area contributed by atoms with Crippen molar-refractivity contribution in [2.75, 3.05) is 0 Å². The van der Waals surface area contributed by atoms with Crippen LogP contribution in [0, 0.1) is 31.6 Å². The second kappa shape index (κ2) is 5.85. The van der Waals surface area contributed by atoms with Gasteiger partial charge in [0.15, 0.2) is 0 Å². The van der Waals surface area contributed by atoms with E-state index in [0.717, 1.165) is 0 Å².